The van der Waals surface area contributed by atoms with Crippen molar-refractivity contribution >= 4 is 11.6 Å². The van der Waals surface area contributed by atoms with Gasteiger partial charge in [0.25, 0.3) is 6.43 Å². The highest BCUT2D eigenvalue weighted by Crippen LogP contribution is 2.11. The molecular weight excluding hydrogens is 256 g/mol. The predicted octanol–water partition coefficient (Wildman–Crippen LogP) is 1.41. The maximum absolute atomic E-state index is 11.8. The zero-order valence-electron chi connectivity index (χ0n) is 10.8. The fraction of sp³-hybridized carbons (Fsp3) is 0.636. The summed E-state index contributed by atoms with van der Waals surface area (Å²) in [4.78, 5) is 8.47. The van der Waals surface area contributed by atoms with E-state index >= 15 is 0 Å². The topological polar surface area (TPSA) is 85.1 Å². The molecule has 1 heterocycles. The van der Waals surface area contributed by atoms with Crippen LogP contribution in [-0.4, -0.2) is 36.2 Å². The second-order valence-electron chi connectivity index (χ2n) is 3.84. The number of ether oxygens (including phenoxy) is 1. The van der Waals surface area contributed by atoms with Gasteiger partial charge in [0.1, 0.15) is 24.1 Å². The minimum atomic E-state index is -2.44. The second-order valence-corrected chi connectivity index (χ2v) is 3.84. The van der Waals surface area contributed by atoms with Crippen LogP contribution in [0.4, 0.5) is 20.4 Å². The number of nitrogens with zero attached hydrogens (tertiary/aromatic N) is 2. The number of nitrogen functional groups attached to an aromatic ring is 1. The van der Waals surface area contributed by atoms with Gasteiger partial charge in [0.15, 0.2) is 0 Å². The van der Waals surface area contributed by atoms with E-state index in [1.165, 1.54) is 0 Å². The quantitative estimate of drug-likeness (QED) is 0.359. The Labute approximate surface area is 110 Å². The fourth-order valence-electron chi connectivity index (χ4n) is 1.42. The van der Waals surface area contributed by atoms with Gasteiger partial charge in [-0.1, -0.05) is 6.92 Å². The standard InChI is InChI=1S/C11H19F2N5O/c1-2-3-9-16-10(6-11(17-9)18-14)15-4-5-19-7-8(12)13/h6,8H,2-5,7,14H2,1H3,(H2,15,16,17,18). The van der Waals surface area contributed by atoms with Crippen molar-refractivity contribution in [3.63, 3.8) is 0 Å². The van der Waals surface area contributed by atoms with Crippen LogP contribution >= 0.6 is 0 Å². The first-order chi connectivity index (χ1) is 9.15. The maximum Gasteiger partial charge on any atom is 0.261 e. The summed E-state index contributed by atoms with van der Waals surface area (Å²) in [7, 11) is 0. The smallest absolute Gasteiger partial charge is 0.261 e. The number of alkyl halides is 2. The van der Waals surface area contributed by atoms with Crippen molar-refractivity contribution in [2.45, 2.75) is 26.2 Å². The Morgan fingerprint density at radius 1 is 1.37 bits per heavy atom. The average molecular weight is 275 g/mol. The van der Waals surface area contributed by atoms with E-state index in [9.17, 15) is 8.78 Å². The van der Waals surface area contributed by atoms with Crippen LogP contribution < -0.4 is 16.6 Å². The number of hydrogen-bond acceptors (Lipinski definition) is 6. The van der Waals surface area contributed by atoms with Gasteiger partial charge in [0, 0.05) is 19.0 Å². The summed E-state index contributed by atoms with van der Waals surface area (Å²) in [5.74, 6) is 7.09. The third-order valence-corrected chi connectivity index (χ3v) is 2.19. The maximum atomic E-state index is 11.8. The molecule has 1 aromatic rings. The van der Waals surface area contributed by atoms with Crippen LogP contribution in [0.5, 0.6) is 0 Å². The highest BCUT2D eigenvalue weighted by molar-refractivity contribution is 5.46. The Kier molecular flexibility index (Phi) is 6.98. The van der Waals surface area contributed by atoms with Crippen LogP contribution in [-0.2, 0) is 11.2 Å². The summed E-state index contributed by atoms with van der Waals surface area (Å²) >= 11 is 0. The van der Waals surface area contributed by atoms with Gasteiger partial charge >= 0.3 is 0 Å². The number of hydrogen-bond donors (Lipinski definition) is 3. The number of aromatic nitrogens is 2. The van der Waals surface area contributed by atoms with Crippen molar-refractivity contribution in [1.29, 1.82) is 0 Å². The number of aryl methyl sites for hydroxylation is 1. The first-order valence-corrected chi connectivity index (χ1v) is 6.10. The number of rotatable bonds is 9. The molecule has 0 atom stereocenters. The lowest BCUT2D eigenvalue weighted by Crippen LogP contribution is -2.16. The highest BCUT2D eigenvalue weighted by Gasteiger charge is 2.04. The molecule has 1 aromatic heterocycles. The molecule has 0 aromatic carbocycles. The van der Waals surface area contributed by atoms with Gasteiger partial charge in [-0.2, -0.15) is 0 Å². The number of anilines is 2. The first-order valence-electron chi connectivity index (χ1n) is 6.10. The summed E-state index contributed by atoms with van der Waals surface area (Å²) in [6.07, 6.45) is -0.778. The second kappa shape index (κ2) is 8.54. The lowest BCUT2D eigenvalue weighted by Gasteiger charge is -2.09. The number of nitrogens with two attached hydrogens (primary N) is 1. The minimum absolute atomic E-state index is 0.183. The lowest BCUT2D eigenvalue weighted by molar-refractivity contribution is 0.0215. The van der Waals surface area contributed by atoms with Gasteiger partial charge in [-0.15, -0.1) is 0 Å². The van der Waals surface area contributed by atoms with Gasteiger partial charge in [0.2, 0.25) is 0 Å². The normalized spacial score (nSPS) is 10.8. The van der Waals surface area contributed by atoms with Crippen LogP contribution in [0.15, 0.2) is 6.07 Å². The van der Waals surface area contributed by atoms with Crippen LogP contribution in [0.3, 0.4) is 0 Å². The molecule has 0 unspecified atom stereocenters. The summed E-state index contributed by atoms with van der Waals surface area (Å²) < 4.78 is 28.4. The van der Waals surface area contributed by atoms with E-state index in [1.807, 2.05) is 6.92 Å². The third-order valence-electron chi connectivity index (χ3n) is 2.19. The molecule has 0 saturated carbocycles. The Balaban J connectivity index is 2.45. The van der Waals surface area contributed by atoms with Crippen molar-refractivity contribution in [1.82, 2.24) is 9.97 Å². The molecule has 6 nitrogen and oxygen atoms in total. The molecular formula is C11H19F2N5O. The van der Waals surface area contributed by atoms with Crippen LogP contribution in [0, 0.1) is 0 Å². The van der Waals surface area contributed by atoms with E-state index < -0.39 is 13.0 Å². The van der Waals surface area contributed by atoms with Crippen molar-refractivity contribution in [3.05, 3.63) is 11.9 Å². The van der Waals surface area contributed by atoms with E-state index in [1.54, 1.807) is 6.07 Å². The van der Waals surface area contributed by atoms with Crippen LogP contribution in [0.1, 0.15) is 19.2 Å². The Morgan fingerprint density at radius 3 is 2.74 bits per heavy atom. The van der Waals surface area contributed by atoms with E-state index in [-0.39, 0.29) is 6.61 Å². The average Bonchev–Trinajstić information content (AvgIpc) is 2.38. The van der Waals surface area contributed by atoms with E-state index in [0.717, 1.165) is 12.8 Å². The van der Waals surface area contributed by atoms with Crippen molar-refractivity contribution < 1.29 is 13.5 Å². The molecule has 0 aliphatic heterocycles. The molecule has 0 radical (unpaired) electrons. The number of hydrazine groups is 1. The molecule has 0 aliphatic rings. The SMILES string of the molecule is CCCc1nc(NN)cc(NCCOCC(F)F)n1. The van der Waals surface area contributed by atoms with Crippen LogP contribution in [0.2, 0.25) is 0 Å². The van der Waals surface area contributed by atoms with Gasteiger partial charge in [-0.05, 0) is 6.42 Å². The molecule has 0 amide bonds. The summed E-state index contributed by atoms with van der Waals surface area (Å²) in [5.41, 5.74) is 2.46. The van der Waals surface area contributed by atoms with Gasteiger partial charge in [0.05, 0.1) is 6.61 Å². The molecule has 1 rings (SSSR count). The molecule has 4 N–H and O–H groups in total. The first kappa shape index (κ1) is 15.5. The summed E-state index contributed by atoms with van der Waals surface area (Å²) in [5, 5.41) is 2.98. The zero-order valence-corrected chi connectivity index (χ0v) is 10.8. The van der Waals surface area contributed by atoms with Crippen molar-refractivity contribution in [2.24, 2.45) is 5.84 Å². The van der Waals surface area contributed by atoms with E-state index in [2.05, 4.69) is 20.7 Å². The van der Waals surface area contributed by atoms with Crippen LogP contribution in [0.25, 0.3) is 0 Å². The fourth-order valence-corrected chi connectivity index (χ4v) is 1.42. The number of halogens is 2. The monoisotopic (exact) mass is 275 g/mol. The Hall–Kier alpha value is -1.54. The largest absolute Gasteiger partial charge is 0.374 e. The van der Waals surface area contributed by atoms with Crippen molar-refractivity contribution in [3.8, 4) is 0 Å². The van der Waals surface area contributed by atoms with Gasteiger partial charge in [-0.3, -0.25) is 0 Å². The highest BCUT2D eigenvalue weighted by atomic mass is 19.3. The molecule has 0 saturated heterocycles. The Morgan fingerprint density at radius 2 is 2.11 bits per heavy atom. The molecule has 19 heavy (non-hydrogen) atoms. The molecule has 0 spiro atoms. The zero-order chi connectivity index (χ0) is 14.1. The number of nitrogens with one attached hydrogen (secondary N) is 2. The van der Waals surface area contributed by atoms with E-state index in [4.69, 9.17) is 10.6 Å². The molecule has 108 valence electrons. The molecule has 8 heteroatoms. The Bertz CT molecular complexity index is 378. The molecule has 0 aliphatic carbocycles. The predicted molar refractivity (Wildman–Crippen MR) is 69.1 cm³/mol. The van der Waals surface area contributed by atoms with Gasteiger partial charge in [-0.25, -0.2) is 24.6 Å². The third kappa shape index (κ3) is 6.25. The lowest BCUT2D eigenvalue weighted by atomic mass is 10.3. The summed E-state index contributed by atoms with van der Waals surface area (Å²) in [6.45, 7) is 2.04. The summed E-state index contributed by atoms with van der Waals surface area (Å²) in [6, 6.07) is 1.65. The minimum Gasteiger partial charge on any atom is -0.374 e. The van der Waals surface area contributed by atoms with Gasteiger partial charge < -0.3 is 15.5 Å². The molecule has 0 bridgehead atoms. The van der Waals surface area contributed by atoms with E-state index in [0.29, 0.717) is 24.0 Å². The molecule has 0 fully saturated rings. The van der Waals surface area contributed by atoms with Crippen molar-refractivity contribution in [2.75, 3.05) is 30.5 Å².